The van der Waals surface area contributed by atoms with Crippen molar-refractivity contribution >= 4 is 16.6 Å². The molecule has 1 atom stereocenters. The van der Waals surface area contributed by atoms with Crippen molar-refractivity contribution in [1.82, 2.24) is 4.90 Å². The molecule has 1 fully saturated rings. The van der Waals surface area contributed by atoms with Gasteiger partial charge in [-0.05, 0) is 60.6 Å². The number of rotatable bonds is 5. The monoisotopic (exact) mass is 361 g/mol. The van der Waals surface area contributed by atoms with Crippen LogP contribution in [-0.4, -0.2) is 44.4 Å². The third-order valence-electron chi connectivity index (χ3n) is 4.98. The molecule has 25 heavy (non-hydrogen) atoms. The molecule has 0 aromatic heterocycles. The Kier molecular flexibility index (Phi) is 6.57. The van der Waals surface area contributed by atoms with Crippen LogP contribution in [0.25, 0.3) is 5.03 Å². The molecule has 1 aromatic rings. The molecule has 1 aliphatic heterocycles. The van der Waals surface area contributed by atoms with Gasteiger partial charge in [0.15, 0.2) is 0 Å². The number of allylic oxidation sites excluding steroid dienone is 3. The van der Waals surface area contributed by atoms with E-state index >= 15 is 0 Å². The molecule has 4 heteroatoms. The Labute approximate surface area is 156 Å². The maximum Gasteiger partial charge on any atom is 0.122 e. The van der Waals surface area contributed by atoms with Crippen LogP contribution in [0, 0.1) is 6.92 Å². The lowest BCUT2D eigenvalue weighted by Gasteiger charge is -2.26. The highest BCUT2D eigenvalue weighted by Gasteiger charge is 2.17. The smallest absolute Gasteiger partial charge is 0.122 e. The Morgan fingerprint density at radius 1 is 1.28 bits per heavy atom. The molecule has 0 spiro atoms. The van der Waals surface area contributed by atoms with Crippen LogP contribution in [-0.2, 0) is 4.74 Å². The Morgan fingerprint density at radius 2 is 2.08 bits per heavy atom. The Hall–Kier alpha value is -1.29. The molecule has 0 amide bonds. The van der Waals surface area contributed by atoms with Crippen LogP contribution in [0.1, 0.15) is 42.4 Å². The Balaban J connectivity index is 1.64. The van der Waals surface area contributed by atoms with Crippen molar-refractivity contribution < 1.29 is 9.47 Å². The second kappa shape index (κ2) is 8.88. The van der Waals surface area contributed by atoms with Gasteiger partial charge in [0.25, 0.3) is 0 Å². The molecule has 1 aromatic carbocycles. The van der Waals surface area contributed by atoms with E-state index in [0.717, 1.165) is 74.2 Å². The Morgan fingerprint density at radius 3 is 2.88 bits per heavy atom. The highest BCUT2D eigenvalue weighted by molar-refractivity contribution is 6.49. The van der Waals surface area contributed by atoms with Crippen molar-refractivity contribution in [3.8, 4) is 5.75 Å². The topological polar surface area (TPSA) is 21.7 Å². The van der Waals surface area contributed by atoms with Crippen LogP contribution >= 0.6 is 11.6 Å². The number of fused-ring (bicyclic) bond motifs is 1. The van der Waals surface area contributed by atoms with Crippen LogP contribution in [0.4, 0.5) is 0 Å². The van der Waals surface area contributed by atoms with Crippen LogP contribution in [0.15, 0.2) is 30.4 Å². The average Bonchev–Trinajstić information content (AvgIpc) is 2.62. The minimum atomic E-state index is 0.435. The van der Waals surface area contributed by atoms with Crippen molar-refractivity contribution in [3.63, 3.8) is 0 Å². The van der Waals surface area contributed by atoms with Gasteiger partial charge in [0.05, 0.1) is 19.8 Å². The lowest BCUT2D eigenvalue weighted by Crippen LogP contribution is -2.37. The van der Waals surface area contributed by atoms with E-state index in [4.69, 9.17) is 21.1 Å². The van der Waals surface area contributed by atoms with E-state index in [1.165, 1.54) is 5.56 Å². The number of hydrogen-bond acceptors (Lipinski definition) is 3. The van der Waals surface area contributed by atoms with Gasteiger partial charge < -0.3 is 9.47 Å². The molecule has 1 heterocycles. The quantitative estimate of drug-likeness (QED) is 0.707. The molecule has 0 N–H and O–H groups in total. The lowest BCUT2D eigenvalue weighted by atomic mass is 9.89. The van der Waals surface area contributed by atoms with E-state index in [0.29, 0.717) is 5.92 Å². The summed E-state index contributed by atoms with van der Waals surface area (Å²) in [4.78, 5) is 2.44. The molecule has 3 nitrogen and oxygen atoms in total. The average molecular weight is 362 g/mol. The summed E-state index contributed by atoms with van der Waals surface area (Å²) in [6, 6.07) is 4.36. The van der Waals surface area contributed by atoms with Gasteiger partial charge in [0.2, 0.25) is 0 Å². The van der Waals surface area contributed by atoms with Crippen LogP contribution < -0.4 is 4.74 Å². The zero-order valence-electron chi connectivity index (χ0n) is 15.3. The van der Waals surface area contributed by atoms with Crippen molar-refractivity contribution in [3.05, 3.63) is 47.1 Å². The number of nitrogens with zero attached hydrogens (tertiary/aromatic N) is 1. The molecule has 3 rings (SSSR count). The van der Waals surface area contributed by atoms with Crippen molar-refractivity contribution in [2.24, 2.45) is 0 Å². The first-order valence-corrected chi connectivity index (χ1v) is 9.63. The lowest BCUT2D eigenvalue weighted by molar-refractivity contribution is 0.0358. The van der Waals surface area contributed by atoms with Crippen LogP contribution in [0.2, 0.25) is 0 Å². The summed E-state index contributed by atoms with van der Waals surface area (Å²) < 4.78 is 11.5. The summed E-state index contributed by atoms with van der Waals surface area (Å²) in [5, 5.41) is 0.805. The fraction of sp³-hybridized carbons (Fsp3) is 0.524. The van der Waals surface area contributed by atoms with Gasteiger partial charge in [-0.15, -0.1) is 0 Å². The van der Waals surface area contributed by atoms with E-state index in [1.54, 1.807) is 0 Å². The highest BCUT2D eigenvalue weighted by atomic mass is 35.5. The predicted molar refractivity (Wildman–Crippen MR) is 105 cm³/mol. The van der Waals surface area contributed by atoms with Gasteiger partial charge in [-0.1, -0.05) is 30.7 Å². The molecule has 0 saturated carbocycles. The second-order valence-electron chi connectivity index (χ2n) is 6.94. The minimum Gasteiger partial charge on any atom is -0.493 e. The molecule has 1 saturated heterocycles. The fourth-order valence-electron chi connectivity index (χ4n) is 3.42. The zero-order chi connectivity index (χ0) is 17.6. The van der Waals surface area contributed by atoms with Gasteiger partial charge in [0, 0.05) is 24.7 Å². The first kappa shape index (κ1) is 18.5. The minimum absolute atomic E-state index is 0.435. The first-order chi connectivity index (χ1) is 12.1. The molecule has 0 radical (unpaired) electrons. The molecular weight excluding hydrogens is 334 g/mol. The first-order valence-electron chi connectivity index (χ1n) is 9.25. The summed E-state index contributed by atoms with van der Waals surface area (Å²) >= 11 is 6.48. The number of benzene rings is 1. The van der Waals surface area contributed by atoms with E-state index in [1.807, 2.05) is 12.2 Å². The number of ether oxygens (including phenoxy) is 2. The van der Waals surface area contributed by atoms with Gasteiger partial charge >= 0.3 is 0 Å². The van der Waals surface area contributed by atoms with E-state index in [-0.39, 0.29) is 0 Å². The van der Waals surface area contributed by atoms with Gasteiger partial charge in [-0.3, -0.25) is 4.90 Å². The Bertz CT molecular complexity index is 648. The number of hydrogen-bond donors (Lipinski definition) is 0. The maximum atomic E-state index is 6.48. The zero-order valence-corrected chi connectivity index (χ0v) is 16.0. The summed E-state index contributed by atoms with van der Waals surface area (Å²) in [6.45, 7) is 9.94. The van der Waals surface area contributed by atoms with E-state index in [2.05, 4.69) is 37.0 Å². The van der Waals surface area contributed by atoms with E-state index in [9.17, 15) is 0 Å². The van der Waals surface area contributed by atoms with Crippen LogP contribution in [0.5, 0.6) is 5.75 Å². The summed E-state index contributed by atoms with van der Waals surface area (Å²) in [6.07, 6.45) is 8.27. The summed E-state index contributed by atoms with van der Waals surface area (Å²) in [5.74, 6) is 1.42. The maximum absolute atomic E-state index is 6.48. The standard InChI is InChI=1S/C21H28ClNO2/c1-16-6-3-4-7-20(22)19-14-17(2)21(15-18(16)19)25-11-5-8-23-9-12-24-13-10-23/h3-4,7,14-16H,5-6,8-13H2,1-2H3. The number of aryl methyl sites for hydroxylation is 1. The SMILES string of the molecule is Cc1cc2c(cc1OCCCN1CCOCC1)C(C)CC=CC=C2Cl. The normalized spacial score (nSPS) is 21.2. The van der Waals surface area contributed by atoms with Gasteiger partial charge in [0.1, 0.15) is 5.75 Å². The molecule has 136 valence electrons. The largest absolute Gasteiger partial charge is 0.493 e. The second-order valence-corrected chi connectivity index (χ2v) is 7.35. The fourth-order valence-corrected chi connectivity index (χ4v) is 3.66. The van der Waals surface area contributed by atoms with E-state index < -0.39 is 0 Å². The van der Waals surface area contributed by atoms with Gasteiger partial charge in [-0.2, -0.15) is 0 Å². The number of morpholine rings is 1. The van der Waals surface area contributed by atoms with Crippen molar-refractivity contribution in [2.45, 2.75) is 32.6 Å². The third kappa shape index (κ3) is 4.87. The predicted octanol–water partition coefficient (Wildman–Crippen LogP) is 4.74. The van der Waals surface area contributed by atoms with Crippen LogP contribution in [0.3, 0.4) is 0 Å². The van der Waals surface area contributed by atoms with Crippen molar-refractivity contribution in [2.75, 3.05) is 39.5 Å². The number of halogens is 1. The molecular formula is C21H28ClNO2. The molecule has 1 unspecified atom stereocenters. The molecule has 1 aliphatic carbocycles. The van der Waals surface area contributed by atoms with Gasteiger partial charge in [-0.25, -0.2) is 0 Å². The third-order valence-corrected chi connectivity index (χ3v) is 5.31. The highest BCUT2D eigenvalue weighted by Crippen LogP contribution is 2.36. The van der Waals surface area contributed by atoms with Crippen molar-refractivity contribution in [1.29, 1.82) is 0 Å². The summed E-state index contributed by atoms with van der Waals surface area (Å²) in [5.41, 5.74) is 3.56. The molecule has 0 bridgehead atoms. The molecule has 2 aliphatic rings. The summed E-state index contributed by atoms with van der Waals surface area (Å²) in [7, 11) is 0.